The zero-order valence-electron chi connectivity index (χ0n) is 19.4. The fraction of sp³-hybridized carbons (Fsp3) is 0.280. The SMILES string of the molecule is CCOC(=O)c1ccc(NC(=O)CCCn2nc(-c3ccc(OC)c(OC)c3)ccc2=O)cc1. The van der Waals surface area contributed by atoms with Crippen LogP contribution >= 0.6 is 0 Å². The van der Waals surface area contributed by atoms with Gasteiger partial charge < -0.3 is 19.5 Å². The molecule has 0 spiro atoms. The van der Waals surface area contributed by atoms with Gasteiger partial charge in [-0.05, 0) is 61.9 Å². The molecule has 34 heavy (non-hydrogen) atoms. The summed E-state index contributed by atoms with van der Waals surface area (Å²) in [5, 5.41) is 7.20. The first-order valence-electron chi connectivity index (χ1n) is 10.8. The molecule has 0 unspecified atom stereocenters. The Balaban J connectivity index is 1.59. The number of hydrogen-bond acceptors (Lipinski definition) is 7. The zero-order chi connectivity index (χ0) is 24.5. The molecule has 1 N–H and O–H groups in total. The van der Waals surface area contributed by atoms with Crippen LogP contribution in [-0.4, -0.2) is 42.5 Å². The van der Waals surface area contributed by atoms with E-state index >= 15 is 0 Å². The van der Waals surface area contributed by atoms with E-state index in [0.29, 0.717) is 41.5 Å². The van der Waals surface area contributed by atoms with E-state index < -0.39 is 5.97 Å². The first-order valence-corrected chi connectivity index (χ1v) is 10.8. The number of amides is 1. The van der Waals surface area contributed by atoms with Gasteiger partial charge in [0.2, 0.25) is 5.91 Å². The minimum Gasteiger partial charge on any atom is -0.493 e. The number of nitrogens with one attached hydrogen (secondary N) is 1. The quantitative estimate of drug-likeness (QED) is 0.456. The Bertz CT molecular complexity index is 1200. The molecule has 0 atom stereocenters. The smallest absolute Gasteiger partial charge is 0.338 e. The highest BCUT2D eigenvalue weighted by atomic mass is 16.5. The minimum atomic E-state index is -0.409. The molecule has 178 valence electrons. The molecule has 1 aromatic heterocycles. The minimum absolute atomic E-state index is 0.201. The van der Waals surface area contributed by atoms with Crippen LogP contribution in [0, 0.1) is 0 Å². The molecule has 0 fully saturated rings. The van der Waals surface area contributed by atoms with Crippen molar-refractivity contribution in [3.05, 3.63) is 70.5 Å². The number of carbonyl (C=O) groups excluding carboxylic acids is 2. The molecule has 0 bridgehead atoms. The molecule has 0 saturated heterocycles. The van der Waals surface area contributed by atoms with E-state index in [1.165, 1.54) is 10.7 Å². The van der Waals surface area contributed by atoms with Crippen LogP contribution in [0.15, 0.2) is 59.4 Å². The molecule has 0 aliphatic heterocycles. The number of methoxy groups -OCH3 is 2. The molecular weight excluding hydrogens is 438 g/mol. The lowest BCUT2D eigenvalue weighted by Gasteiger charge is -2.11. The van der Waals surface area contributed by atoms with Gasteiger partial charge in [-0.25, -0.2) is 9.48 Å². The monoisotopic (exact) mass is 465 g/mol. The topological polar surface area (TPSA) is 109 Å². The third-order valence-corrected chi connectivity index (χ3v) is 5.00. The maximum absolute atomic E-state index is 12.3. The van der Waals surface area contributed by atoms with Crippen LogP contribution in [0.3, 0.4) is 0 Å². The van der Waals surface area contributed by atoms with Crippen molar-refractivity contribution in [2.45, 2.75) is 26.3 Å². The lowest BCUT2D eigenvalue weighted by Crippen LogP contribution is -2.23. The molecule has 9 nitrogen and oxygen atoms in total. The highest BCUT2D eigenvalue weighted by Gasteiger charge is 2.10. The van der Waals surface area contributed by atoms with Gasteiger partial charge in [-0.3, -0.25) is 9.59 Å². The Kier molecular flexibility index (Phi) is 8.39. The van der Waals surface area contributed by atoms with Crippen molar-refractivity contribution in [1.82, 2.24) is 9.78 Å². The summed E-state index contributed by atoms with van der Waals surface area (Å²) in [6, 6.07) is 15.0. The van der Waals surface area contributed by atoms with Gasteiger partial charge >= 0.3 is 5.97 Å². The molecule has 3 rings (SSSR count). The Hall–Kier alpha value is -4.14. The molecule has 9 heteroatoms. The normalized spacial score (nSPS) is 10.4. The van der Waals surface area contributed by atoms with Crippen LogP contribution in [-0.2, 0) is 16.1 Å². The molecule has 0 aliphatic rings. The van der Waals surface area contributed by atoms with E-state index in [2.05, 4.69) is 10.4 Å². The van der Waals surface area contributed by atoms with Gasteiger partial charge in [-0.1, -0.05) is 0 Å². The van der Waals surface area contributed by atoms with Crippen LogP contribution in [0.5, 0.6) is 11.5 Å². The second-order valence-electron chi connectivity index (χ2n) is 7.30. The summed E-state index contributed by atoms with van der Waals surface area (Å²) in [7, 11) is 3.11. The van der Waals surface area contributed by atoms with Gasteiger partial charge in [-0.2, -0.15) is 5.10 Å². The Labute approximate surface area is 197 Å². The molecule has 0 radical (unpaired) electrons. The van der Waals surface area contributed by atoms with E-state index in [4.69, 9.17) is 14.2 Å². The van der Waals surface area contributed by atoms with Crippen LogP contribution < -0.4 is 20.3 Å². The van der Waals surface area contributed by atoms with Crippen LogP contribution in [0.2, 0.25) is 0 Å². The number of benzene rings is 2. The fourth-order valence-corrected chi connectivity index (χ4v) is 3.28. The van der Waals surface area contributed by atoms with E-state index in [9.17, 15) is 14.4 Å². The molecule has 3 aromatic rings. The molecule has 0 saturated carbocycles. The molecule has 0 aliphatic carbocycles. The van der Waals surface area contributed by atoms with E-state index in [0.717, 1.165) is 5.56 Å². The van der Waals surface area contributed by atoms with Gasteiger partial charge in [0.25, 0.3) is 5.56 Å². The average Bonchev–Trinajstić information content (AvgIpc) is 2.85. The number of hydrogen-bond donors (Lipinski definition) is 1. The maximum Gasteiger partial charge on any atom is 0.338 e. The predicted molar refractivity (Wildman–Crippen MR) is 127 cm³/mol. The summed E-state index contributed by atoms with van der Waals surface area (Å²) in [5.74, 6) is 0.550. The van der Waals surface area contributed by atoms with Crippen molar-refractivity contribution in [1.29, 1.82) is 0 Å². The summed E-state index contributed by atoms with van der Waals surface area (Å²) in [5.41, 5.74) is 2.12. The molecule has 1 amide bonds. The third-order valence-electron chi connectivity index (χ3n) is 5.00. The van der Waals surface area contributed by atoms with Gasteiger partial charge in [0, 0.05) is 30.3 Å². The van der Waals surface area contributed by atoms with Crippen molar-refractivity contribution in [3.63, 3.8) is 0 Å². The van der Waals surface area contributed by atoms with Gasteiger partial charge in [0.05, 0.1) is 32.1 Å². The molecular formula is C25H27N3O6. The lowest BCUT2D eigenvalue weighted by molar-refractivity contribution is -0.116. The summed E-state index contributed by atoms with van der Waals surface area (Å²) in [6.45, 7) is 2.32. The van der Waals surface area contributed by atoms with Crippen LogP contribution in [0.1, 0.15) is 30.1 Å². The van der Waals surface area contributed by atoms with Gasteiger partial charge in [0.1, 0.15) is 0 Å². The number of aromatic nitrogens is 2. The number of rotatable bonds is 10. The maximum atomic E-state index is 12.3. The van der Waals surface area contributed by atoms with E-state index in [1.807, 2.05) is 6.07 Å². The highest BCUT2D eigenvalue weighted by molar-refractivity contribution is 5.93. The third kappa shape index (κ3) is 6.22. The number of anilines is 1. The number of nitrogens with zero attached hydrogens (tertiary/aromatic N) is 2. The van der Waals surface area contributed by atoms with E-state index in [1.54, 1.807) is 63.6 Å². The van der Waals surface area contributed by atoms with E-state index in [-0.39, 0.29) is 24.4 Å². The summed E-state index contributed by atoms with van der Waals surface area (Å²) >= 11 is 0. The summed E-state index contributed by atoms with van der Waals surface area (Å²) in [4.78, 5) is 36.2. The Morgan fingerprint density at radius 1 is 0.971 bits per heavy atom. The Morgan fingerprint density at radius 3 is 2.38 bits per heavy atom. The largest absolute Gasteiger partial charge is 0.493 e. The van der Waals surface area contributed by atoms with Crippen molar-refractivity contribution >= 4 is 17.6 Å². The van der Waals surface area contributed by atoms with Crippen molar-refractivity contribution in [3.8, 4) is 22.8 Å². The standard InChI is InChI=1S/C25H27N3O6/c1-4-34-25(31)17-7-10-19(11-8-17)26-23(29)6-5-15-28-24(30)14-12-20(27-28)18-9-13-21(32-2)22(16-18)33-3/h7-14,16H,4-6,15H2,1-3H3,(H,26,29). The van der Waals surface area contributed by atoms with Crippen molar-refractivity contribution in [2.24, 2.45) is 0 Å². The second-order valence-corrected chi connectivity index (χ2v) is 7.30. The fourth-order valence-electron chi connectivity index (χ4n) is 3.28. The number of carbonyl (C=O) groups is 2. The second kappa shape index (κ2) is 11.6. The van der Waals surface area contributed by atoms with Gasteiger partial charge in [0.15, 0.2) is 11.5 Å². The first kappa shape index (κ1) is 24.5. The lowest BCUT2D eigenvalue weighted by atomic mass is 10.1. The molecule has 1 heterocycles. The number of aryl methyl sites for hydroxylation is 1. The van der Waals surface area contributed by atoms with Crippen molar-refractivity contribution in [2.75, 3.05) is 26.1 Å². The first-order chi connectivity index (χ1) is 16.4. The predicted octanol–water partition coefficient (Wildman–Crippen LogP) is 3.52. The average molecular weight is 466 g/mol. The Morgan fingerprint density at radius 2 is 1.71 bits per heavy atom. The van der Waals surface area contributed by atoms with Crippen LogP contribution in [0.4, 0.5) is 5.69 Å². The number of ether oxygens (including phenoxy) is 3. The van der Waals surface area contributed by atoms with Crippen LogP contribution in [0.25, 0.3) is 11.3 Å². The summed E-state index contributed by atoms with van der Waals surface area (Å²) in [6.07, 6.45) is 0.628. The number of esters is 1. The van der Waals surface area contributed by atoms with Crippen molar-refractivity contribution < 1.29 is 23.8 Å². The highest BCUT2D eigenvalue weighted by Crippen LogP contribution is 2.31. The zero-order valence-corrected chi connectivity index (χ0v) is 19.4. The van der Waals surface area contributed by atoms with Gasteiger partial charge in [-0.15, -0.1) is 0 Å². The molecule has 2 aromatic carbocycles. The summed E-state index contributed by atoms with van der Waals surface area (Å²) < 4.78 is 16.9.